The number of aryl methyl sites for hydroxylation is 1. The van der Waals surface area contributed by atoms with E-state index in [1.165, 1.54) is 16.8 Å². The molecule has 0 unspecified atom stereocenters. The predicted octanol–water partition coefficient (Wildman–Crippen LogP) is 5.80. The lowest BCUT2D eigenvalue weighted by Crippen LogP contribution is -2.09. The molecule has 0 heterocycles. The van der Waals surface area contributed by atoms with Crippen LogP contribution in [0.25, 0.3) is 6.08 Å². The minimum absolute atomic E-state index is 1.16. The summed E-state index contributed by atoms with van der Waals surface area (Å²) in [5.74, 6) is 0. The average Bonchev–Trinajstić information content (AvgIpc) is 2.58. The molecule has 0 radical (unpaired) electrons. The SMILES string of the molecule is Cc1ccccc1N(C=Cc1ccccc1)c1ccccc1. The predicted molar refractivity (Wildman–Crippen MR) is 95.2 cm³/mol. The van der Waals surface area contributed by atoms with Crippen molar-refractivity contribution < 1.29 is 0 Å². The number of anilines is 2. The first-order valence-corrected chi connectivity index (χ1v) is 7.48. The number of benzene rings is 3. The van der Waals surface area contributed by atoms with Gasteiger partial charge in [-0.3, -0.25) is 0 Å². The van der Waals surface area contributed by atoms with Gasteiger partial charge in [0.1, 0.15) is 0 Å². The highest BCUT2D eigenvalue weighted by atomic mass is 15.1. The van der Waals surface area contributed by atoms with Gasteiger partial charge in [0.2, 0.25) is 0 Å². The van der Waals surface area contributed by atoms with E-state index in [1.54, 1.807) is 0 Å². The van der Waals surface area contributed by atoms with Gasteiger partial charge in [0, 0.05) is 17.6 Å². The normalized spacial score (nSPS) is 10.8. The van der Waals surface area contributed by atoms with Crippen molar-refractivity contribution in [2.75, 3.05) is 4.90 Å². The van der Waals surface area contributed by atoms with Crippen LogP contribution in [0.4, 0.5) is 11.4 Å². The summed E-state index contributed by atoms with van der Waals surface area (Å²) in [5.41, 5.74) is 4.80. The molecule has 0 atom stereocenters. The van der Waals surface area contributed by atoms with Gasteiger partial charge in [-0.2, -0.15) is 0 Å². The Bertz CT molecular complexity index is 745. The van der Waals surface area contributed by atoms with E-state index >= 15 is 0 Å². The Kier molecular flexibility index (Phi) is 4.35. The van der Waals surface area contributed by atoms with Crippen molar-refractivity contribution in [3.63, 3.8) is 0 Å². The monoisotopic (exact) mass is 285 g/mol. The molecule has 108 valence electrons. The molecule has 0 aliphatic carbocycles. The van der Waals surface area contributed by atoms with Crippen molar-refractivity contribution in [3.05, 3.63) is 102 Å². The van der Waals surface area contributed by atoms with Crippen molar-refractivity contribution in [1.29, 1.82) is 0 Å². The third-order valence-corrected chi connectivity index (χ3v) is 3.62. The van der Waals surface area contributed by atoms with Crippen molar-refractivity contribution >= 4 is 17.5 Å². The van der Waals surface area contributed by atoms with Crippen LogP contribution in [0.3, 0.4) is 0 Å². The first kappa shape index (κ1) is 14.2. The van der Waals surface area contributed by atoms with Crippen LogP contribution in [0.1, 0.15) is 11.1 Å². The van der Waals surface area contributed by atoms with E-state index in [4.69, 9.17) is 0 Å². The van der Waals surface area contributed by atoms with Crippen LogP contribution in [0.5, 0.6) is 0 Å². The Labute approximate surface area is 132 Å². The van der Waals surface area contributed by atoms with Crippen molar-refractivity contribution in [1.82, 2.24) is 0 Å². The highest BCUT2D eigenvalue weighted by Gasteiger charge is 2.07. The molecule has 0 aromatic heterocycles. The molecule has 0 amide bonds. The molecule has 0 spiro atoms. The summed E-state index contributed by atoms with van der Waals surface area (Å²) < 4.78 is 0. The Morgan fingerprint density at radius 1 is 0.682 bits per heavy atom. The number of para-hydroxylation sites is 2. The highest BCUT2D eigenvalue weighted by molar-refractivity contribution is 5.71. The number of rotatable bonds is 4. The first-order chi connectivity index (χ1) is 10.8. The van der Waals surface area contributed by atoms with E-state index in [1.807, 2.05) is 12.1 Å². The van der Waals surface area contributed by atoms with Gasteiger partial charge in [0.25, 0.3) is 0 Å². The zero-order valence-corrected chi connectivity index (χ0v) is 12.7. The summed E-state index contributed by atoms with van der Waals surface area (Å²) >= 11 is 0. The summed E-state index contributed by atoms with van der Waals surface area (Å²) in [4.78, 5) is 2.22. The van der Waals surface area contributed by atoms with E-state index in [0.717, 1.165) is 5.69 Å². The van der Waals surface area contributed by atoms with E-state index in [0.29, 0.717) is 0 Å². The molecule has 1 nitrogen and oxygen atoms in total. The molecule has 1 heteroatoms. The second kappa shape index (κ2) is 6.77. The topological polar surface area (TPSA) is 3.24 Å². The maximum Gasteiger partial charge on any atom is 0.0484 e. The third-order valence-electron chi connectivity index (χ3n) is 3.62. The number of nitrogens with zero attached hydrogens (tertiary/aromatic N) is 1. The molecule has 0 aliphatic rings. The van der Waals surface area contributed by atoms with Gasteiger partial charge >= 0.3 is 0 Å². The molecular formula is C21H19N. The fourth-order valence-corrected chi connectivity index (χ4v) is 2.45. The molecule has 0 fully saturated rings. The fourth-order valence-electron chi connectivity index (χ4n) is 2.45. The second-order valence-electron chi connectivity index (χ2n) is 5.22. The fraction of sp³-hybridized carbons (Fsp3) is 0.0476. The Balaban J connectivity index is 2.01. The van der Waals surface area contributed by atoms with Gasteiger partial charge in [0.15, 0.2) is 0 Å². The lowest BCUT2D eigenvalue weighted by atomic mass is 10.1. The van der Waals surface area contributed by atoms with Gasteiger partial charge in [-0.1, -0.05) is 66.7 Å². The third kappa shape index (κ3) is 3.26. The maximum absolute atomic E-state index is 2.22. The molecule has 0 saturated carbocycles. The molecule has 0 bridgehead atoms. The molecule has 0 aliphatic heterocycles. The van der Waals surface area contributed by atoms with Crippen LogP contribution in [0.2, 0.25) is 0 Å². The quantitative estimate of drug-likeness (QED) is 0.585. The van der Waals surface area contributed by atoms with Gasteiger partial charge < -0.3 is 4.90 Å². The molecule has 3 aromatic rings. The highest BCUT2D eigenvalue weighted by Crippen LogP contribution is 2.28. The van der Waals surface area contributed by atoms with Gasteiger partial charge in [-0.15, -0.1) is 0 Å². The zero-order valence-electron chi connectivity index (χ0n) is 12.7. The van der Waals surface area contributed by atoms with Crippen LogP contribution in [-0.4, -0.2) is 0 Å². The van der Waals surface area contributed by atoms with Crippen molar-refractivity contribution in [2.45, 2.75) is 6.92 Å². The zero-order chi connectivity index (χ0) is 15.2. The lowest BCUT2D eigenvalue weighted by Gasteiger charge is -2.22. The molecule has 22 heavy (non-hydrogen) atoms. The Morgan fingerprint density at radius 3 is 1.95 bits per heavy atom. The van der Waals surface area contributed by atoms with Crippen molar-refractivity contribution in [3.8, 4) is 0 Å². The van der Waals surface area contributed by atoms with Crippen LogP contribution >= 0.6 is 0 Å². The van der Waals surface area contributed by atoms with Gasteiger partial charge in [-0.05, 0) is 42.3 Å². The Morgan fingerprint density at radius 2 is 1.27 bits per heavy atom. The largest absolute Gasteiger partial charge is 0.317 e. The maximum atomic E-state index is 2.22. The van der Waals surface area contributed by atoms with E-state index in [9.17, 15) is 0 Å². The minimum Gasteiger partial charge on any atom is -0.317 e. The molecule has 0 saturated heterocycles. The molecule has 3 aromatic carbocycles. The minimum atomic E-state index is 1.16. The summed E-state index contributed by atoms with van der Waals surface area (Å²) in [5, 5.41) is 0. The van der Waals surface area contributed by atoms with E-state index < -0.39 is 0 Å². The van der Waals surface area contributed by atoms with Gasteiger partial charge in [0.05, 0.1) is 0 Å². The molecule has 0 N–H and O–H groups in total. The standard InChI is InChI=1S/C21H19N/c1-18-10-8-9-15-21(18)22(20-13-6-3-7-14-20)17-16-19-11-4-2-5-12-19/h2-17H,1H3. The number of hydrogen-bond acceptors (Lipinski definition) is 1. The van der Waals surface area contributed by atoms with Crippen LogP contribution < -0.4 is 4.90 Å². The summed E-state index contributed by atoms with van der Waals surface area (Å²) in [6, 6.07) is 29.2. The molecular weight excluding hydrogens is 266 g/mol. The second-order valence-corrected chi connectivity index (χ2v) is 5.22. The van der Waals surface area contributed by atoms with E-state index in [-0.39, 0.29) is 0 Å². The number of hydrogen-bond donors (Lipinski definition) is 0. The summed E-state index contributed by atoms with van der Waals surface area (Å²) in [6.07, 6.45) is 4.27. The Hall–Kier alpha value is -2.80. The smallest absolute Gasteiger partial charge is 0.0484 e. The van der Waals surface area contributed by atoms with Crippen LogP contribution in [0, 0.1) is 6.92 Å². The van der Waals surface area contributed by atoms with Gasteiger partial charge in [-0.25, -0.2) is 0 Å². The van der Waals surface area contributed by atoms with Crippen molar-refractivity contribution in [2.24, 2.45) is 0 Å². The average molecular weight is 285 g/mol. The van der Waals surface area contributed by atoms with Crippen LogP contribution in [0.15, 0.2) is 91.1 Å². The summed E-state index contributed by atoms with van der Waals surface area (Å²) in [6.45, 7) is 2.14. The van der Waals surface area contributed by atoms with E-state index in [2.05, 4.69) is 96.9 Å². The lowest BCUT2D eigenvalue weighted by molar-refractivity contribution is 1.25. The molecule has 3 rings (SSSR count). The van der Waals surface area contributed by atoms with Crippen LogP contribution in [-0.2, 0) is 0 Å². The first-order valence-electron chi connectivity index (χ1n) is 7.48. The summed E-state index contributed by atoms with van der Waals surface area (Å²) in [7, 11) is 0.